The van der Waals surface area contributed by atoms with Crippen molar-refractivity contribution in [3.8, 4) is 0 Å². The van der Waals surface area contributed by atoms with E-state index in [1.807, 2.05) is 54.7 Å². The summed E-state index contributed by atoms with van der Waals surface area (Å²) in [7, 11) is 0. The van der Waals surface area contributed by atoms with Crippen LogP contribution in [-0.2, 0) is 0 Å². The van der Waals surface area contributed by atoms with Crippen LogP contribution in [0.5, 0.6) is 0 Å². The number of rotatable bonds is 3. The smallest absolute Gasteiger partial charge is 0.191 e. The average Bonchev–Trinajstić information content (AvgIpc) is 2.91. The van der Waals surface area contributed by atoms with Gasteiger partial charge in [-0.2, -0.15) is 5.10 Å². The first-order chi connectivity index (χ1) is 10.7. The number of hydrazone groups is 1. The van der Waals surface area contributed by atoms with Crippen LogP contribution in [0, 0.1) is 0 Å². The van der Waals surface area contributed by atoms with Crippen molar-refractivity contribution in [3.63, 3.8) is 0 Å². The molecule has 22 heavy (non-hydrogen) atoms. The predicted molar refractivity (Wildman–Crippen MR) is 99.4 cm³/mol. The normalized spacial score (nSPS) is 11.0. The molecule has 0 radical (unpaired) electrons. The van der Waals surface area contributed by atoms with E-state index in [-0.39, 0.29) is 0 Å². The van der Waals surface area contributed by atoms with Crippen molar-refractivity contribution in [2.24, 2.45) is 5.10 Å². The number of benzene rings is 2. The van der Waals surface area contributed by atoms with Gasteiger partial charge in [0.05, 0.1) is 6.21 Å². The third-order valence-electron chi connectivity index (χ3n) is 3.08. The zero-order valence-corrected chi connectivity index (χ0v) is 13.9. The molecule has 0 spiro atoms. The van der Waals surface area contributed by atoms with Gasteiger partial charge in [0.25, 0.3) is 0 Å². The Labute approximate surface area is 141 Å². The highest BCUT2D eigenvalue weighted by molar-refractivity contribution is 9.10. The summed E-state index contributed by atoms with van der Waals surface area (Å²) >= 11 is 8.67. The van der Waals surface area contributed by atoms with Gasteiger partial charge >= 0.3 is 0 Å². The monoisotopic (exact) mass is 372 g/mol. The van der Waals surface area contributed by atoms with Crippen LogP contribution < -0.4 is 10.7 Å². The van der Waals surface area contributed by atoms with Gasteiger partial charge in [0, 0.05) is 32.8 Å². The minimum atomic E-state index is 0.448. The Morgan fingerprint density at radius 2 is 2.00 bits per heavy atom. The molecule has 110 valence electrons. The Kier molecular flexibility index (Phi) is 4.50. The Bertz CT molecular complexity index is 827. The number of aromatic amines is 1. The molecule has 0 fully saturated rings. The summed E-state index contributed by atoms with van der Waals surface area (Å²) in [6, 6.07) is 15.8. The van der Waals surface area contributed by atoms with E-state index >= 15 is 0 Å². The average molecular weight is 373 g/mol. The molecule has 0 amide bonds. The second kappa shape index (κ2) is 6.72. The molecule has 0 bridgehead atoms. The molecule has 0 aliphatic heterocycles. The number of para-hydroxylation sites is 1. The highest BCUT2D eigenvalue weighted by Crippen LogP contribution is 2.21. The van der Waals surface area contributed by atoms with Crippen LogP contribution in [0.2, 0.25) is 0 Å². The fourth-order valence-electron chi connectivity index (χ4n) is 2.06. The van der Waals surface area contributed by atoms with Gasteiger partial charge in [0.1, 0.15) is 0 Å². The lowest BCUT2D eigenvalue weighted by Gasteiger charge is -2.05. The van der Waals surface area contributed by atoms with Gasteiger partial charge in [0.2, 0.25) is 0 Å². The topological polar surface area (TPSA) is 52.2 Å². The van der Waals surface area contributed by atoms with Crippen molar-refractivity contribution in [2.75, 3.05) is 5.32 Å². The van der Waals surface area contributed by atoms with Crippen LogP contribution >= 0.6 is 28.1 Å². The van der Waals surface area contributed by atoms with E-state index in [0.717, 1.165) is 26.6 Å². The lowest BCUT2D eigenvalue weighted by molar-refractivity contribution is 1.05. The zero-order valence-electron chi connectivity index (χ0n) is 11.5. The molecule has 1 aromatic heterocycles. The molecule has 0 saturated carbocycles. The van der Waals surface area contributed by atoms with Crippen molar-refractivity contribution in [1.29, 1.82) is 0 Å². The second-order valence-electron chi connectivity index (χ2n) is 4.62. The molecule has 0 aliphatic carbocycles. The lowest BCUT2D eigenvalue weighted by Crippen LogP contribution is -2.23. The molecular weight excluding hydrogens is 360 g/mol. The van der Waals surface area contributed by atoms with Crippen molar-refractivity contribution < 1.29 is 0 Å². The first-order valence-electron chi connectivity index (χ1n) is 6.64. The number of aromatic nitrogens is 1. The number of halogens is 1. The number of anilines is 1. The van der Waals surface area contributed by atoms with Crippen LogP contribution in [0.3, 0.4) is 0 Å². The van der Waals surface area contributed by atoms with Crippen molar-refractivity contribution in [3.05, 3.63) is 64.8 Å². The number of fused-ring (bicyclic) bond motifs is 1. The van der Waals surface area contributed by atoms with Crippen molar-refractivity contribution in [1.82, 2.24) is 10.4 Å². The van der Waals surface area contributed by atoms with E-state index in [1.165, 1.54) is 0 Å². The van der Waals surface area contributed by atoms with E-state index < -0.39 is 0 Å². The molecule has 0 aliphatic rings. The summed E-state index contributed by atoms with van der Waals surface area (Å²) in [6.45, 7) is 0. The molecule has 6 heteroatoms. The first-order valence-corrected chi connectivity index (χ1v) is 7.84. The van der Waals surface area contributed by atoms with Crippen molar-refractivity contribution >= 4 is 56.1 Å². The number of nitrogens with zero attached hydrogens (tertiary/aromatic N) is 1. The molecule has 1 heterocycles. The molecule has 0 atom stereocenters. The summed E-state index contributed by atoms with van der Waals surface area (Å²) in [5.41, 5.74) is 5.79. The van der Waals surface area contributed by atoms with Crippen LogP contribution in [-0.4, -0.2) is 16.3 Å². The quantitative estimate of drug-likeness (QED) is 0.366. The Balaban J connectivity index is 1.66. The van der Waals surface area contributed by atoms with Crippen LogP contribution in [0.4, 0.5) is 5.69 Å². The fourth-order valence-corrected chi connectivity index (χ4v) is 2.59. The van der Waals surface area contributed by atoms with E-state index in [2.05, 4.69) is 36.8 Å². The van der Waals surface area contributed by atoms with E-state index in [4.69, 9.17) is 12.2 Å². The summed E-state index contributed by atoms with van der Waals surface area (Å²) < 4.78 is 1.03. The molecule has 0 unspecified atom stereocenters. The standard InChI is InChI=1S/C16H13BrN4S/c17-12-6-7-15-14(8-12)11(9-18-15)10-19-21-16(22)20-13-4-2-1-3-5-13/h1-10,18H,(H2,20,21,22). The van der Waals surface area contributed by atoms with Gasteiger partial charge in [-0.1, -0.05) is 34.1 Å². The first kappa shape index (κ1) is 14.7. The SMILES string of the molecule is S=C(NN=Cc1c[nH]c2ccc(Br)cc12)Nc1ccccc1. The third kappa shape index (κ3) is 3.52. The van der Waals surface area contributed by atoms with Crippen molar-refractivity contribution in [2.45, 2.75) is 0 Å². The Morgan fingerprint density at radius 3 is 2.82 bits per heavy atom. The number of H-pyrrole nitrogens is 1. The van der Waals surface area contributed by atoms with Gasteiger partial charge in [-0.15, -0.1) is 0 Å². The fraction of sp³-hybridized carbons (Fsp3) is 0. The van der Waals surface area contributed by atoms with Crippen LogP contribution in [0.15, 0.2) is 64.3 Å². The maximum atomic E-state index is 5.20. The minimum absolute atomic E-state index is 0.448. The molecule has 3 aromatic rings. The van der Waals surface area contributed by atoms with Gasteiger partial charge in [-0.25, -0.2) is 0 Å². The lowest BCUT2D eigenvalue weighted by atomic mass is 10.2. The predicted octanol–water partition coefficient (Wildman–Crippen LogP) is 4.25. The Morgan fingerprint density at radius 1 is 1.18 bits per heavy atom. The molecule has 3 N–H and O–H groups in total. The van der Waals surface area contributed by atoms with Gasteiger partial charge in [-0.3, -0.25) is 5.43 Å². The summed E-state index contributed by atoms with van der Waals surface area (Å²) in [6.07, 6.45) is 3.65. The minimum Gasteiger partial charge on any atom is -0.361 e. The number of thiocarbonyl (C=S) groups is 1. The van der Waals surface area contributed by atoms with Crippen LogP contribution in [0.25, 0.3) is 10.9 Å². The van der Waals surface area contributed by atoms with Crippen LogP contribution in [0.1, 0.15) is 5.56 Å². The van der Waals surface area contributed by atoms with Gasteiger partial charge in [-0.05, 0) is 42.5 Å². The number of hydrogen-bond donors (Lipinski definition) is 3. The molecular formula is C16H13BrN4S. The largest absolute Gasteiger partial charge is 0.361 e. The van der Waals surface area contributed by atoms with Gasteiger partial charge in [0.15, 0.2) is 5.11 Å². The zero-order chi connectivity index (χ0) is 15.4. The Hall–Kier alpha value is -2.18. The van der Waals surface area contributed by atoms with E-state index in [9.17, 15) is 0 Å². The number of hydrogen-bond acceptors (Lipinski definition) is 2. The molecule has 3 rings (SSSR count). The summed E-state index contributed by atoms with van der Waals surface area (Å²) in [4.78, 5) is 3.21. The van der Waals surface area contributed by atoms with E-state index in [0.29, 0.717) is 5.11 Å². The maximum absolute atomic E-state index is 5.20. The highest BCUT2D eigenvalue weighted by atomic mass is 79.9. The highest BCUT2D eigenvalue weighted by Gasteiger charge is 2.02. The molecule has 4 nitrogen and oxygen atoms in total. The second-order valence-corrected chi connectivity index (χ2v) is 5.95. The third-order valence-corrected chi connectivity index (χ3v) is 3.76. The summed E-state index contributed by atoms with van der Waals surface area (Å²) in [5, 5.41) is 8.78. The van der Waals surface area contributed by atoms with E-state index in [1.54, 1.807) is 6.21 Å². The van der Waals surface area contributed by atoms with Gasteiger partial charge < -0.3 is 10.3 Å². The number of nitrogens with one attached hydrogen (secondary N) is 3. The molecule has 2 aromatic carbocycles. The molecule has 0 saturated heterocycles. The summed E-state index contributed by atoms with van der Waals surface area (Å²) in [5.74, 6) is 0. The maximum Gasteiger partial charge on any atom is 0.191 e.